The third-order valence-electron chi connectivity index (χ3n) is 5.53. The van der Waals surface area contributed by atoms with Gasteiger partial charge >= 0.3 is 0 Å². The maximum absolute atomic E-state index is 12.5. The van der Waals surface area contributed by atoms with Crippen LogP contribution >= 0.6 is 23.4 Å². The van der Waals surface area contributed by atoms with E-state index in [1.54, 1.807) is 18.2 Å². The Morgan fingerprint density at radius 1 is 1.06 bits per heavy atom. The zero-order valence-electron chi connectivity index (χ0n) is 20.0. The number of hydrogen-bond donors (Lipinski definition) is 1. The van der Waals surface area contributed by atoms with E-state index >= 15 is 0 Å². The van der Waals surface area contributed by atoms with Gasteiger partial charge in [0.1, 0.15) is 0 Å². The highest BCUT2D eigenvalue weighted by atomic mass is 35.5. The highest BCUT2D eigenvalue weighted by Gasteiger charge is 2.29. The lowest BCUT2D eigenvalue weighted by atomic mass is 9.94. The van der Waals surface area contributed by atoms with E-state index in [0.717, 1.165) is 24.3 Å². The van der Waals surface area contributed by atoms with E-state index in [-0.39, 0.29) is 23.0 Å². The molecule has 2 amide bonds. The molecule has 0 aliphatic carbocycles. The quantitative estimate of drug-likeness (QED) is 0.472. The molecule has 2 aromatic carbocycles. The summed E-state index contributed by atoms with van der Waals surface area (Å²) in [6.07, 6.45) is 0. The Bertz CT molecular complexity index is 1180. The summed E-state index contributed by atoms with van der Waals surface area (Å²) >= 11 is 7.17. The first-order valence-electron chi connectivity index (χ1n) is 11.4. The molecule has 1 aromatic heterocycles. The number of aromatic nitrogens is 2. The van der Waals surface area contributed by atoms with Gasteiger partial charge in [0.05, 0.1) is 5.75 Å². The molecule has 0 atom stereocenters. The van der Waals surface area contributed by atoms with Gasteiger partial charge in [-0.25, -0.2) is 0 Å². The summed E-state index contributed by atoms with van der Waals surface area (Å²) < 4.78 is 5.62. The maximum Gasteiger partial charge on any atom is 0.277 e. The van der Waals surface area contributed by atoms with Gasteiger partial charge in [-0.2, -0.15) is 0 Å². The number of piperazine rings is 1. The third-order valence-corrected chi connectivity index (χ3v) is 6.58. The number of halogens is 1. The van der Waals surface area contributed by atoms with E-state index in [1.165, 1.54) is 11.8 Å². The molecule has 0 unspecified atom stereocenters. The molecule has 1 aliphatic heterocycles. The molecule has 0 saturated carbocycles. The van der Waals surface area contributed by atoms with Crippen LogP contribution in [0.25, 0.3) is 11.5 Å². The fourth-order valence-corrected chi connectivity index (χ4v) is 4.48. The molecule has 1 N–H and O–H groups in total. The van der Waals surface area contributed by atoms with Crippen LogP contribution in [0.5, 0.6) is 0 Å². The van der Waals surface area contributed by atoms with Gasteiger partial charge in [-0.05, 0) is 42.5 Å². The Morgan fingerprint density at radius 3 is 2.43 bits per heavy atom. The number of amides is 2. The van der Waals surface area contributed by atoms with Crippen molar-refractivity contribution < 1.29 is 14.0 Å². The number of benzene rings is 2. The van der Waals surface area contributed by atoms with Crippen LogP contribution in [0.1, 0.15) is 20.8 Å². The maximum atomic E-state index is 12.5. The van der Waals surface area contributed by atoms with E-state index in [4.69, 9.17) is 16.0 Å². The van der Waals surface area contributed by atoms with Crippen molar-refractivity contribution in [2.75, 3.05) is 42.1 Å². The van der Waals surface area contributed by atoms with Crippen molar-refractivity contribution in [1.29, 1.82) is 0 Å². The van der Waals surface area contributed by atoms with Crippen LogP contribution in [0, 0.1) is 5.41 Å². The molecule has 0 spiro atoms. The molecule has 4 rings (SSSR count). The van der Waals surface area contributed by atoms with Crippen molar-refractivity contribution in [3.8, 4) is 11.5 Å². The number of carbonyl (C=O) groups excluding carboxylic acids is 2. The average Bonchev–Trinajstić information content (AvgIpc) is 3.32. The fourth-order valence-electron chi connectivity index (χ4n) is 3.73. The minimum absolute atomic E-state index is 0.142. The van der Waals surface area contributed by atoms with Crippen LogP contribution in [0.4, 0.5) is 11.4 Å². The van der Waals surface area contributed by atoms with Gasteiger partial charge in [0.25, 0.3) is 5.22 Å². The van der Waals surface area contributed by atoms with Crippen molar-refractivity contribution in [3.05, 3.63) is 53.6 Å². The van der Waals surface area contributed by atoms with Crippen LogP contribution in [-0.2, 0) is 9.59 Å². The lowest BCUT2D eigenvalue weighted by molar-refractivity contribution is -0.139. The molecule has 3 aromatic rings. The van der Waals surface area contributed by atoms with Gasteiger partial charge in [0, 0.05) is 53.6 Å². The topological polar surface area (TPSA) is 91.6 Å². The number of nitrogens with one attached hydrogen (secondary N) is 1. The second-order valence-corrected chi connectivity index (χ2v) is 10.7. The predicted octanol–water partition coefficient (Wildman–Crippen LogP) is 4.82. The van der Waals surface area contributed by atoms with E-state index in [2.05, 4.69) is 20.4 Å². The van der Waals surface area contributed by atoms with Crippen LogP contribution in [0.15, 0.2) is 58.2 Å². The first-order valence-corrected chi connectivity index (χ1v) is 12.7. The summed E-state index contributed by atoms with van der Waals surface area (Å²) in [7, 11) is 0. The SMILES string of the molecule is CC(C)(C)C(=O)N1CCN(c2ccc(NC(=O)CSc3nnc(-c4cccc(Cl)c4)o3)cc2)CC1. The third kappa shape index (κ3) is 6.55. The second-order valence-electron chi connectivity index (χ2n) is 9.30. The summed E-state index contributed by atoms with van der Waals surface area (Å²) in [4.78, 5) is 29.1. The fraction of sp³-hybridized carbons (Fsp3) is 0.360. The van der Waals surface area contributed by atoms with E-state index < -0.39 is 0 Å². The largest absolute Gasteiger partial charge is 0.411 e. The van der Waals surface area contributed by atoms with Crippen molar-refractivity contribution in [2.24, 2.45) is 5.41 Å². The lowest BCUT2D eigenvalue weighted by Crippen LogP contribution is -2.51. The number of rotatable bonds is 6. The van der Waals surface area contributed by atoms with Gasteiger partial charge in [-0.1, -0.05) is 50.2 Å². The van der Waals surface area contributed by atoms with Crippen LogP contribution in [-0.4, -0.2) is 58.8 Å². The molecular weight excluding hydrogens is 486 g/mol. The smallest absolute Gasteiger partial charge is 0.277 e. The van der Waals surface area contributed by atoms with E-state index in [1.807, 2.05) is 56.0 Å². The van der Waals surface area contributed by atoms with Gasteiger partial charge in [-0.15, -0.1) is 10.2 Å². The zero-order chi connectivity index (χ0) is 25.0. The molecule has 1 saturated heterocycles. The summed E-state index contributed by atoms with van der Waals surface area (Å²) in [5, 5.41) is 11.8. The van der Waals surface area contributed by atoms with Crippen LogP contribution in [0.3, 0.4) is 0 Å². The lowest BCUT2D eigenvalue weighted by Gasteiger charge is -2.38. The molecule has 184 valence electrons. The zero-order valence-corrected chi connectivity index (χ0v) is 21.5. The number of nitrogens with zero attached hydrogens (tertiary/aromatic N) is 4. The molecule has 0 radical (unpaired) electrons. The van der Waals surface area contributed by atoms with E-state index in [0.29, 0.717) is 34.9 Å². The first-order chi connectivity index (χ1) is 16.7. The molecule has 35 heavy (non-hydrogen) atoms. The van der Waals surface area contributed by atoms with Crippen molar-refractivity contribution in [1.82, 2.24) is 15.1 Å². The Balaban J connectivity index is 1.25. The van der Waals surface area contributed by atoms with Crippen LogP contribution in [0.2, 0.25) is 5.02 Å². The molecule has 8 nitrogen and oxygen atoms in total. The standard InChI is InChI=1S/C25H28ClN5O3S/c1-25(2,3)23(33)31-13-11-30(12-14-31)20-9-7-19(8-10-20)27-21(32)16-35-24-29-28-22(34-24)17-5-4-6-18(26)15-17/h4-10,15H,11-14,16H2,1-3H3,(H,27,32). The Kier molecular flexibility index (Phi) is 7.66. The number of thioether (sulfide) groups is 1. The van der Waals surface area contributed by atoms with E-state index in [9.17, 15) is 9.59 Å². The summed E-state index contributed by atoms with van der Waals surface area (Å²) in [5.74, 6) is 0.520. The highest BCUT2D eigenvalue weighted by molar-refractivity contribution is 7.99. The normalized spacial score (nSPS) is 14.2. The first kappa shape index (κ1) is 25.1. The number of carbonyl (C=O) groups is 2. The molecular formula is C25H28ClN5O3S. The Labute approximate surface area is 214 Å². The monoisotopic (exact) mass is 513 g/mol. The molecule has 0 bridgehead atoms. The van der Waals surface area contributed by atoms with Crippen molar-refractivity contribution >= 4 is 46.6 Å². The van der Waals surface area contributed by atoms with Crippen LogP contribution < -0.4 is 10.2 Å². The summed E-state index contributed by atoms with van der Waals surface area (Å²) in [6, 6.07) is 14.9. The number of anilines is 2. The minimum atomic E-state index is -0.359. The molecule has 2 heterocycles. The van der Waals surface area contributed by atoms with Gasteiger partial charge in [0.15, 0.2) is 0 Å². The number of hydrogen-bond acceptors (Lipinski definition) is 7. The summed E-state index contributed by atoms with van der Waals surface area (Å²) in [6.45, 7) is 8.84. The van der Waals surface area contributed by atoms with Gasteiger partial charge in [-0.3, -0.25) is 9.59 Å². The Hall–Kier alpha value is -3.04. The average molecular weight is 514 g/mol. The highest BCUT2D eigenvalue weighted by Crippen LogP contribution is 2.26. The van der Waals surface area contributed by atoms with Gasteiger partial charge < -0.3 is 19.5 Å². The Morgan fingerprint density at radius 2 is 1.77 bits per heavy atom. The molecule has 10 heteroatoms. The van der Waals surface area contributed by atoms with Crippen molar-refractivity contribution in [2.45, 2.75) is 26.0 Å². The van der Waals surface area contributed by atoms with Crippen molar-refractivity contribution in [3.63, 3.8) is 0 Å². The molecule has 1 fully saturated rings. The second kappa shape index (κ2) is 10.7. The minimum Gasteiger partial charge on any atom is -0.411 e. The molecule has 1 aliphatic rings. The summed E-state index contributed by atoms with van der Waals surface area (Å²) in [5.41, 5.74) is 2.15. The van der Waals surface area contributed by atoms with Gasteiger partial charge in [0.2, 0.25) is 17.7 Å². The predicted molar refractivity (Wildman–Crippen MR) is 139 cm³/mol.